The third kappa shape index (κ3) is 4.36. The van der Waals surface area contributed by atoms with Crippen LogP contribution in [0.3, 0.4) is 0 Å². The first kappa shape index (κ1) is 20.7. The van der Waals surface area contributed by atoms with Crippen molar-refractivity contribution in [1.82, 2.24) is 0 Å². The van der Waals surface area contributed by atoms with E-state index in [1.54, 1.807) is 0 Å². The summed E-state index contributed by atoms with van der Waals surface area (Å²) in [5.41, 5.74) is -5.58. The monoisotopic (exact) mass is 404 g/mol. The smallest absolute Gasteiger partial charge is 0.462 e. The molecule has 1 heterocycles. The molecule has 1 saturated heterocycles. The lowest BCUT2D eigenvalue weighted by Crippen LogP contribution is -2.60. The van der Waals surface area contributed by atoms with E-state index < -0.39 is 58.7 Å². The standard InChI is InChI=1S/C13H15F3O9S/c14-13(15,16)26(21,22)25-7-3-1-6(2-4-7)23-12-11(20)10(19)9(18)8(5-17)24-12/h1-4,8-12,17-20H,5H2/t8-,9-,10+,11-,12-/m1/s1. The molecule has 5 atom stereocenters. The van der Waals surface area contributed by atoms with Crippen LogP contribution in [0.4, 0.5) is 13.2 Å². The molecule has 26 heavy (non-hydrogen) atoms. The maximum atomic E-state index is 12.2. The van der Waals surface area contributed by atoms with E-state index in [-0.39, 0.29) is 5.75 Å². The predicted octanol–water partition coefficient (Wildman–Crippen LogP) is -0.906. The largest absolute Gasteiger partial charge is 0.534 e. The van der Waals surface area contributed by atoms with Gasteiger partial charge in [0.05, 0.1) is 6.61 Å². The molecule has 2 rings (SSSR count). The van der Waals surface area contributed by atoms with Crippen molar-refractivity contribution in [2.75, 3.05) is 6.61 Å². The molecule has 13 heteroatoms. The zero-order valence-electron chi connectivity index (χ0n) is 12.8. The van der Waals surface area contributed by atoms with E-state index in [1.165, 1.54) is 0 Å². The van der Waals surface area contributed by atoms with E-state index in [4.69, 9.17) is 14.6 Å². The fourth-order valence-electron chi connectivity index (χ4n) is 2.05. The third-order valence-corrected chi connectivity index (χ3v) is 4.39. The lowest BCUT2D eigenvalue weighted by atomic mass is 9.99. The summed E-state index contributed by atoms with van der Waals surface area (Å²) in [5.74, 6) is -0.713. The van der Waals surface area contributed by atoms with Crippen molar-refractivity contribution >= 4 is 10.1 Å². The highest BCUT2D eigenvalue weighted by molar-refractivity contribution is 7.88. The highest BCUT2D eigenvalue weighted by Crippen LogP contribution is 2.29. The molecule has 0 saturated carbocycles. The maximum absolute atomic E-state index is 12.2. The summed E-state index contributed by atoms with van der Waals surface area (Å²) in [6.45, 7) is -0.674. The molecule has 1 aromatic rings. The lowest BCUT2D eigenvalue weighted by Gasteiger charge is -2.39. The number of hydrogen-bond donors (Lipinski definition) is 4. The first-order valence-electron chi connectivity index (χ1n) is 7.04. The Morgan fingerprint density at radius 2 is 1.54 bits per heavy atom. The van der Waals surface area contributed by atoms with Crippen LogP contribution >= 0.6 is 0 Å². The van der Waals surface area contributed by atoms with Gasteiger partial charge in [0.25, 0.3) is 0 Å². The van der Waals surface area contributed by atoms with Crippen molar-refractivity contribution in [2.24, 2.45) is 0 Å². The molecule has 1 aliphatic rings. The van der Waals surface area contributed by atoms with Crippen molar-refractivity contribution in [3.05, 3.63) is 24.3 Å². The van der Waals surface area contributed by atoms with Crippen LogP contribution < -0.4 is 8.92 Å². The number of aliphatic hydroxyl groups is 4. The summed E-state index contributed by atoms with van der Waals surface area (Å²) in [6.07, 6.45) is -7.66. The van der Waals surface area contributed by atoms with Crippen LogP contribution in [0.5, 0.6) is 11.5 Å². The fourth-order valence-corrected chi connectivity index (χ4v) is 2.51. The second-order valence-electron chi connectivity index (χ2n) is 5.27. The van der Waals surface area contributed by atoms with Gasteiger partial charge in [-0.25, -0.2) is 0 Å². The van der Waals surface area contributed by atoms with Gasteiger partial charge >= 0.3 is 15.6 Å². The zero-order valence-corrected chi connectivity index (χ0v) is 13.6. The molecule has 1 aliphatic heterocycles. The Labute approximate surface area is 145 Å². The number of rotatable bonds is 5. The van der Waals surface area contributed by atoms with Crippen molar-refractivity contribution in [1.29, 1.82) is 0 Å². The summed E-state index contributed by atoms with van der Waals surface area (Å²) in [6, 6.07) is 3.79. The first-order chi connectivity index (χ1) is 12.0. The lowest BCUT2D eigenvalue weighted by molar-refractivity contribution is -0.277. The Balaban J connectivity index is 2.07. The third-order valence-electron chi connectivity index (χ3n) is 3.41. The van der Waals surface area contributed by atoms with Crippen molar-refractivity contribution in [3.8, 4) is 11.5 Å². The fraction of sp³-hybridized carbons (Fsp3) is 0.538. The minimum absolute atomic E-state index is 0.0777. The van der Waals surface area contributed by atoms with Crippen LogP contribution in [0.25, 0.3) is 0 Å². The molecule has 0 unspecified atom stereocenters. The Hall–Kier alpha value is -1.64. The van der Waals surface area contributed by atoms with Crippen LogP contribution in [0, 0.1) is 0 Å². The van der Waals surface area contributed by atoms with Gasteiger partial charge in [-0.1, -0.05) is 0 Å². The Bertz CT molecular complexity index is 705. The molecule has 9 nitrogen and oxygen atoms in total. The van der Waals surface area contributed by atoms with E-state index in [0.29, 0.717) is 0 Å². The minimum Gasteiger partial charge on any atom is -0.462 e. The molecule has 0 bridgehead atoms. The Morgan fingerprint density at radius 1 is 1.00 bits per heavy atom. The molecule has 0 spiro atoms. The van der Waals surface area contributed by atoms with Gasteiger partial charge in [0.15, 0.2) is 0 Å². The molecule has 0 aliphatic carbocycles. The van der Waals surface area contributed by atoms with E-state index in [0.717, 1.165) is 24.3 Å². The minimum atomic E-state index is -5.82. The van der Waals surface area contributed by atoms with Gasteiger partial charge in [0, 0.05) is 0 Å². The topological polar surface area (TPSA) is 143 Å². The second-order valence-corrected chi connectivity index (χ2v) is 6.81. The zero-order chi connectivity index (χ0) is 19.7. The average Bonchev–Trinajstić information content (AvgIpc) is 2.55. The van der Waals surface area contributed by atoms with E-state index >= 15 is 0 Å². The van der Waals surface area contributed by atoms with Gasteiger partial charge in [0.2, 0.25) is 6.29 Å². The molecule has 1 fully saturated rings. The van der Waals surface area contributed by atoms with Crippen LogP contribution in [-0.2, 0) is 14.9 Å². The molecule has 0 radical (unpaired) electrons. The molecule has 4 N–H and O–H groups in total. The number of alkyl halides is 3. The molecular formula is C13H15F3O9S. The van der Waals surface area contributed by atoms with Gasteiger partial charge < -0.3 is 34.1 Å². The van der Waals surface area contributed by atoms with Crippen LogP contribution in [0.15, 0.2) is 24.3 Å². The Kier molecular flexibility index (Phi) is 5.99. The highest BCUT2D eigenvalue weighted by Gasteiger charge is 2.48. The predicted molar refractivity (Wildman–Crippen MR) is 76.4 cm³/mol. The van der Waals surface area contributed by atoms with Gasteiger partial charge in [-0.15, -0.1) is 0 Å². The van der Waals surface area contributed by atoms with Crippen LogP contribution in [0.1, 0.15) is 0 Å². The van der Waals surface area contributed by atoms with Gasteiger partial charge in [0.1, 0.15) is 35.9 Å². The van der Waals surface area contributed by atoms with E-state index in [1.807, 2.05) is 0 Å². The molecule has 0 aromatic heterocycles. The molecule has 0 amide bonds. The van der Waals surface area contributed by atoms with E-state index in [9.17, 15) is 36.9 Å². The first-order valence-corrected chi connectivity index (χ1v) is 8.45. The molecule has 1 aromatic carbocycles. The summed E-state index contributed by atoms with van der Waals surface area (Å²) >= 11 is 0. The highest BCUT2D eigenvalue weighted by atomic mass is 32.2. The molecular weight excluding hydrogens is 389 g/mol. The SMILES string of the molecule is O=S(=O)(Oc1ccc(O[C@@H]2O[C@H](CO)[C@@H](O)[C@H](O)[C@H]2O)cc1)C(F)(F)F. The maximum Gasteiger partial charge on any atom is 0.534 e. The number of halogens is 3. The second kappa shape index (κ2) is 7.54. The summed E-state index contributed by atoms with van der Waals surface area (Å²) < 4.78 is 72.7. The van der Waals surface area contributed by atoms with E-state index in [2.05, 4.69) is 4.18 Å². The number of benzene rings is 1. The quantitative estimate of drug-likeness (QED) is 0.362. The van der Waals surface area contributed by atoms with Crippen molar-refractivity contribution in [3.63, 3.8) is 0 Å². The van der Waals surface area contributed by atoms with Crippen molar-refractivity contribution in [2.45, 2.75) is 36.2 Å². The average molecular weight is 404 g/mol. The number of ether oxygens (including phenoxy) is 2. The van der Waals surface area contributed by atoms with Gasteiger partial charge in [-0.05, 0) is 24.3 Å². The van der Waals surface area contributed by atoms with Gasteiger partial charge in [-0.3, -0.25) is 0 Å². The number of aliphatic hydroxyl groups excluding tert-OH is 4. The number of hydrogen-bond acceptors (Lipinski definition) is 9. The summed E-state index contributed by atoms with van der Waals surface area (Å²) in [5, 5.41) is 38.1. The van der Waals surface area contributed by atoms with Gasteiger partial charge in [-0.2, -0.15) is 21.6 Å². The molecule has 148 valence electrons. The van der Waals surface area contributed by atoms with Crippen molar-refractivity contribution < 1.29 is 55.7 Å². The van der Waals surface area contributed by atoms with Crippen LogP contribution in [0.2, 0.25) is 0 Å². The van der Waals surface area contributed by atoms with Crippen LogP contribution in [-0.4, -0.2) is 71.7 Å². The Morgan fingerprint density at radius 3 is 2.04 bits per heavy atom. The normalized spacial score (nSPS) is 30.0. The summed E-state index contributed by atoms with van der Waals surface area (Å²) in [4.78, 5) is 0. The summed E-state index contributed by atoms with van der Waals surface area (Å²) in [7, 11) is -5.82.